The molecule has 0 radical (unpaired) electrons. The van der Waals surface area contributed by atoms with Crippen molar-refractivity contribution in [3.63, 3.8) is 0 Å². The van der Waals surface area contributed by atoms with Crippen LogP contribution < -0.4 is 0 Å². The quantitative estimate of drug-likeness (QED) is 0.676. The molecular formula is C5H11F3O2Si. The lowest BCUT2D eigenvalue weighted by molar-refractivity contribution is -0.113. The predicted molar refractivity (Wildman–Crippen MR) is 36.6 cm³/mol. The van der Waals surface area contributed by atoms with Gasteiger partial charge in [-0.15, -0.1) is 0 Å². The molecule has 0 aliphatic carbocycles. The first kappa shape index (κ1) is 10.9. The Hall–Kier alpha value is -0.0731. The maximum atomic E-state index is 11.8. The van der Waals surface area contributed by atoms with Gasteiger partial charge >= 0.3 is 6.18 Å². The molecule has 0 bridgehead atoms. The van der Waals surface area contributed by atoms with E-state index in [1.807, 2.05) is 0 Å². The van der Waals surface area contributed by atoms with Gasteiger partial charge in [0.15, 0.2) is 0 Å². The summed E-state index contributed by atoms with van der Waals surface area (Å²) in [5.41, 5.74) is 0. The van der Waals surface area contributed by atoms with Crippen molar-refractivity contribution in [2.24, 2.45) is 0 Å². The lowest BCUT2D eigenvalue weighted by atomic mass is 10.8. The smallest absolute Gasteiger partial charge is 0.389 e. The Morgan fingerprint density at radius 1 is 1.45 bits per heavy atom. The Morgan fingerprint density at radius 3 is 2.00 bits per heavy atom. The zero-order valence-electron chi connectivity index (χ0n) is 6.40. The highest BCUT2D eigenvalue weighted by Gasteiger charge is 2.41. The molecule has 1 N–H and O–H groups in total. The molecule has 0 aliphatic rings. The van der Waals surface area contributed by atoms with E-state index >= 15 is 0 Å². The maximum absolute atomic E-state index is 11.8. The summed E-state index contributed by atoms with van der Waals surface area (Å²) in [4.78, 5) is 0. The van der Waals surface area contributed by atoms with Gasteiger partial charge in [-0.25, -0.2) is 0 Å². The Labute approximate surface area is 64.1 Å². The van der Waals surface area contributed by atoms with E-state index in [0.717, 1.165) is 0 Å². The van der Waals surface area contributed by atoms with Crippen LogP contribution in [0.3, 0.4) is 0 Å². The first-order chi connectivity index (χ1) is 4.83. The van der Waals surface area contributed by atoms with Crippen LogP contribution in [0.2, 0.25) is 12.6 Å². The average molecular weight is 188 g/mol. The molecule has 0 rings (SSSR count). The molecule has 0 aromatic rings. The Kier molecular flexibility index (Phi) is 3.53. The third kappa shape index (κ3) is 4.38. The highest BCUT2D eigenvalue weighted by atomic mass is 28.4. The first-order valence-electron chi connectivity index (χ1n) is 3.06. The highest BCUT2D eigenvalue weighted by molar-refractivity contribution is 6.72. The molecule has 68 valence electrons. The third-order valence-electron chi connectivity index (χ3n) is 1.40. The van der Waals surface area contributed by atoms with E-state index in [1.165, 1.54) is 13.7 Å². The van der Waals surface area contributed by atoms with Crippen molar-refractivity contribution in [1.82, 2.24) is 0 Å². The summed E-state index contributed by atoms with van der Waals surface area (Å²) >= 11 is 0. The second-order valence-corrected chi connectivity index (χ2v) is 6.58. The normalized spacial score (nSPS) is 18.0. The summed E-state index contributed by atoms with van der Waals surface area (Å²) in [5, 5.41) is 8.59. The fourth-order valence-corrected chi connectivity index (χ4v) is 1.85. The number of halogens is 3. The number of alkyl halides is 3. The molecule has 0 aromatic carbocycles. The van der Waals surface area contributed by atoms with E-state index < -0.39 is 26.8 Å². The Bertz CT molecular complexity index is 121. The summed E-state index contributed by atoms with van der Waals surface area (Å²) < 4.78 is 39.9. The van der Waals surface area contributed by atoms with E-state index in [4.69, 9.17) is 5.11 Å². The van der Waals surface area contributed by atoms with Gasteiger partial charge in [-0.05, 0) is 6.55 Å². The lowest BCUT2D eigenvalue weighted by Crippen LogP contribution is -2.42. The van der Waals surface area contributed by atoms with Crippen LogP contribution in [0.15, 0.2) is 0 Å². The van der Waals surface area contributed by atoms with Crippen molar-refractivity contribution in [2.45, 2.75) is 18.8 Å². The molecule has 1 unspecified atom stereocenters. The van der Waals surface area contributed by atoms with Crippen LogP contribution in [-0.4, -0.2) is 32.9 Å². The zero-order chi connectivity index (χ0) is 9.12. The minimum atomic E-state index is -4.24. The van der Waals surface area contributed by atoms with Gasteiger partial charge < -0.3 is 9.53 Å². The molecule has 0 fully saturated rings. The van der Waals surface area contributed by atoms with Crippen LogP contribution in [0.25, 0.3) is 0 Å². The minimum absolute atomic E-state index is 0.497. The summed E-state index contributed by atoms with van der Waals surface area (Å²) in [6, 6.07) is -0.993. The van der Waals surface area contributed by atoms with Crippen molar-refractivity contribution in [3.05, 3.63) is 0 Å². The lowest BCUT2D eigenvalue weighted by Gasteiger charge is -2.23. The van der Waals surface area contributed by atoms with Crippen LogP contribution in [-0.2, 0) is 4.43 Å². The second-order valence-electron chi connectivity index (χ2n) is 2.60. The topological polar surface area (TPSA) is 29.5 Å². The molecule has 0 saturated heterocycles. The van der Waals surface area contributed by atoms with Crippen LogP contribution in [0, 0.1) is 0 Å². The minimum Gasteiger partial charge on any atom is -0.418 e. The summed E-state index contributed by atoms with van der Waals surface area (Å²) in [5.74, 6) is 0. The predicted octanol–water partition coefficient (Wildman–Crippen LogP) is 1.30. The molecule has 2 nitrogen and oxygen atoms in total. The average Bonchev–Trinajstić information content (AvgIpc) is 1.84. The molecule has 0 saturated carbocycles. The van der Waals surface area contributed by atoms with E-state index in [1.54, 1.807) is 0 Å². The molecule has 11 heavy (non-hydrogen) atoms. The van der Waals surface area contributed by atoms with Crippen LogP contribution in [0.1, 0.15) is 0 Å². The van der Waals surface area contributed by atoms with Crippen molar-refractivity contribution in [1.29, 1.82) is 0 Å². The van der Waals surface area contributed by atoms with Gasteiger partial charge in [-0.3, -0.25) is 0 Å². The highest BCUT2D eigenvalue weighted by Crippen LogP contribution is 2.27. The number of hydrogen-bond donors (Lipinski definition) is 1. The summed E-state index contributed by atoms with van der Waals surface area (Å²) in [6.07, 6.45) is -4.73. The standard InChI is InChI=1S/C5H11F3O2Si/c1-10-11(2,4-9)3-5(6,7)8/h9H,3-4H2,1-2H3. The van der Waals surface area contributed by atoms with Gasteiger partial charge in [-0.2, -0.15) is 13.2 Å². The SMILES string of the molecule is CO[Si](C)(CO)CC(F)(F)F. The monoisotopic (exact) mass is 188 g/mol. The number of rotatable bonds is 3. The maximum Gasteiger partial charge on any atom is 0.389 e. The second kappa shape index (κ2) is 3.55. The van der Waals surface area contributed by atoms with Crippen molar-refractivity contribution < 1.29 is 22.7 Å². The fraction of sp³-hybridized carbons (Fsp3) is 1.00. The van der Waals surface area contributed by atoms with Gasteiger partial charge in [-0.1, -0.05) is 0 Å². The zero-order valence-corrected chi connectivity index (χ0v) is 7.40. The number of aliphatic hydroxyl groups excluding tert-OH is 1. The van der Waals surface area contributed by atoms with Crippen molar-refractivity contribution >= 4 is 8.32 Å². The van der Waals surface area contributed by atoms with Crippen LogP contribution >= 0.6 is 0 Å². The van der Waals surface area contributed by atoms with Gasteiger partial charge in [0.2, 0.25) is 8.32 Å². The van der Waals surface area contributed by atoms with Gasteiger partial charge in [0, 0.05) is 7.11 Å². The molecule has 1 atom stereocenters. The summed E-state index contributed by atoms with van der Waals surface area (Å²) in [6.45, 7) is 1.35. The molecule has 0 heterocycles. The molecule has 0 spiro atoms. The van der Waals surface area contributed by atoms with E-state index in [2.05, 4.69) is 4.43 Å². The fourth-order valence-electron chi connectivity index (χ4n) is 0.617. The number of hydrogen-bond acceptors (Lipinski definition) is 2. The molecule has 6 heteroatoms. The molecular weight excluding hydrogens is 177 g/mol. The van der Waals surface area contributed by atoms with Gasteiger partial charge in [0.25, 0.3) is 0 Å². The first-order valence-corrected chi connectivity index (χ1v) is 5.88. The van der Waals surface area contributed by atoms with Crippen LogP contribution in [0.4, 0.5) is 13.2 Å². The number of aliphatic hydroxyl groups is 1. The van der Waals surface area contributed by atoms with E-state index in [0.29, 0.717) is 0 Å². The van der Waals surface area contributed by atoms with Gasteiger partial charge in [0.05, 0.1) is 12.3 Å². The van der Waals surface area contributed by atoms with E-state index in [9.17, 15) is 13.2 Å². The molecule has 0 amide bonds. The van der Waals surface area contributed by atoms with Crippen LogP contribution in [0.5, 0.6) is 0 Å². The van der Waals surface area contributed by atoms with Gasteiger partial charge in [0.1, 0.15) is 0 Å². The Morgan fingerprint density at radius 2 is 1.91 bits per heavy atom. The molecule has 0 aromatic heterocycles. The summed E-state index contributed by atoms with van der Waals surface area (Å²) in [7, 11) is -1.70. The molecule has 0 aliphatic heterocycles. The Balaban J connectivity index is 4.08. The van der Waals surface area contributed by atoms with E-state index in [-0.39, 0.29) is 0 Å². The van der Waals surface area contributed by atoms with Crippen molar-refractivity contribution in [2.75, 3.05) is 13.3 Å². The largest absolute Gasteiger partial charge is 0.418 e. The van der Waals surface area contributed by atoms with Crippen molar-refractivity contribution in [3.8, 4) is 0 Å². The third-order valence-corrected chi connectivity index (χ3v) is 4.20.